The molecule has 0 saturated carbocycles. The maximum atomic E-state index is 13.7. The fourth-order valence-corrected chi connectivity index (χ4v) is 6.48. The summed E-state index contributed by atoms with van der Waals surface area (Å²) in [7, 11) is -0.234. The van der Waals surface area contributed by atoms with Gasteiger partial charge in [0.15, 0.2) is 0 Å². The number of allylic oxidation sites excluding steroid dienone is 1. The SMILES string of the molecule is CC/C(=C\c1cc(C)c(O)c(C)c1)CC[C@@H](O)C1=C(COC)C[C@H]2C(=O)N(c3cccc(B(O)O)c3)C(=O)[C@H]2[C@H]1CO. The molecule has 4 rings (SSSR count). The fraction of sp³-hybridized carbons (Fsp3) is 0.438. The van der Waals surface area contributed by atoms with Crippen molar-refractivity contribution >= 4 is 36.2 Å². The first kappa shape index (κ1) is 31.7. The van der Waals surface area contributed by atoms with Crippen molar-refractivity contribution in [3.05, 3.63) is 69.8 Å². The Morgan fingerprint density at radius 2 is 1.83 bits per heavy atom. The minimum Gasteiger partial charge on any atom is -0.507 e. The first-order valence-electron chi connectivity index (χ1n) is 14.3. The van der Waals surface area contributed by atoms with Crippen molar-refractivity contribution in [3.8, 4) is 5.75 Å². The number of phenolic OH excluding ortho intramolecular Hbond substituents is 1. The molecular formula is C32H40BNO8. The van der Waals surface area contributed by atoms with Crippen molar-refractivity contribution < 1.29 is 39.7 Å². The molecule has 2 aromatic carbocycles. The van der Waals surface area contributed by atoms with Gasteiger partial charge < -0.3 is 30.1 Å². The highest BCUT2D eigenvalue weighted by atomic mass is 16.5. The summed E-state index contributed by atoms with van der Waals surface area (Å²) in [5.74, 6) is -2.99. The summed E-state index contributed by atoms with van der Waals surface area (Å²) in [5, 5.41) is 51.4. The monoisotopic (exact) mass is 577 g/mol. The first-order chi connectivity index (χ1) is 20.0. The predicted molar refractivity (Wildman–Crippen MR) is 161 cm³/mol. The number of amides is 2. The predicted octanol–water partition coefficient (Wildman–Crippen LogP) is 2.38. The zero-order valence-electron chi connectivity index (χ0n) is 24.6. The number of imide groups is 1. The molecule has 42 heavy (non-hydrogen) atoms. The van der Waals surface area contributed by atoms with Crippen LogP contribution in [0.2, 0.25) is 0 Å². The van der Waals surface area contributed by atoms with E-state index in [1.54, 1.807) is 12.1 Å². The molecule has 2 amide bonds. The van der Waals surface area contributed by atoms with Crippen molar-refractivity contribution in [2.75, 3.05) is 25.2 Å². The van der Waals surface area contributed by atoms with Crippen LogP contribution in [0.1, 0.15) is 49.3 Å². The fourth-order valence-electron chi connectivity index (χ4n) is 6.48. The van der Waals surface area contributed by atoms with Gasteiger partial charge >= 0.3 is 7.12 Å². The minimum atomic E-state index is -1.76. The van der Waals surface area contributed by atoms with Gasteiger partial charge in [0.1, 0.15) is 5.75 Å². The molecule has 1 aliphatic heterocycles. The van der Waals surface area contributed by atoms with Crippen molar-refractivity contribution in [3.63, 3.8) is 0 Å². The Balaban J connectivity index is 1.61. The van der Waals surface area contributed by atoms with Crippen LogP contribution >= 0.6 is 0 Å². The van der Waals surface area contributed by atoms with Gasteiger partial charge in [-0.1, -0.05) is 30.7 Å². The van der Waals surface area contributed by atoms with Crippen molar-refractivity contribution in [1.82, 2.24) is 0 Å². The number of phenols is 1. The van der Waals surface area contributed by atoms with Crippen LogP contribution in [0.4, 0.5) is 5.69 Å². The quantitative estimate of drug-likeness (QED) is 0.155. The summed E-state index contributed by atoms with van der Waals surface area (Å²) in [6, 6.07) is 9.81. The zero-order chi connectivity index (χ0) is 30.7. The van der Waals surface area contributed by atoms with Gasteiger partial charge in [0, 0.05) is 13.0 Å². The third-order valence-corrected chi connectivity index (χ3v) is 8.56. The van der Waals surface area contributed by atoms with E-state index in [0.29, 0.717) is 24.0 Å². The van der Waals surface area contributed by atoms with Crippen LogP contribution < -0.4 is 10.4 Å². The molecule has 0 aromatic heterocycles. The Morgan fingerprint density at radius 1 is 1.14 bits per heavy atom. The standard InChI is InChI=1S/C32H40BNO8/c1-5-20(13-21-11-18(2)30(37)19(3)12-21)9-10-27(36)28-22(17-42-4)14-25-29(26(28)16-35)32(39)34(31(25)38)24-8-6-7-23(15-24)33(40)41/h6-8,11-13,15,25-27,29,35-37,40-41H,5,9-10,14,16-17H2,1-4H3/b20-13+/t25-,26+,27-,29-/m1/s1. The van der Waals surface area contributed by atoms with Crippen LogP contribution in [0.5, 0.6) is 5.75 Å². The maximum absolute atomic E-state index is 13.7. The molecule has 2 aliphatic rings. The number of hydrogen-bond donors (Lipinski definition) is 5. The molecule has 1 saturated heterocycles. The zero-order valence-corrected chi connectivity index (χ0v) is 24.6. The number of aryl methyl sites for hydroxylation is 2. The van der Waals surface area contributed by atoms with Gasteiger partial charge in [0.05, 0.1) is 36.8 Å². The van der Waals surface area contributed by atoms with E-state index in [9.17, 15) is 35.0 Å². The average Bonchev–Trinajstić information content (AvgIpc) is 3.21. The van der Waals surface area contributed by atoms with Crippen LogP contribution in [0.25, 0.3) is 6.08 Å². The maximum Gasteiger partial charge on any atom is 0.488 e. The van der Waals surface area contributed by atoms with Crippen molar-refractivity contribution in [1.29, 1.82) is 0 Å². The molecule has 9 nitrogen and oxygen atoms in total. The second-order valence-corrected chi connectivity index (χ2v) is 11.3. The molecule has 1 fully saturated rings. The first-order valence-corrected chi connectivity index (χ1v) is 14.3. The lowest BCUT2D eigenvalue weighted by Crippen LogP contribution is -2.40. The molecular weight excluding hydrogens is 537 g/mol. The molecule has 1 aliphatic carbocycles. The number of carbonyl (C=O) groups is 2. The number of rotatable bonds is 11. The Hall–Kier alpha value is -3.28. The van der Waals surface area contributed by atoms with Crippen LogP contribution in [0.15, 0.2) is 53.1 Å². The van der Waals surface area contributed by atoms with E-state index < -0.39 is 49.4 Å². The number of anilines is 1. The van der Waals surface area contributed by atoms with Gasteiger partial charge in [-0.25, -0.2) is 0 Å². The highest BCUT2D eigenvalue weighted by Gasteiger charge is 2.55. The minimum absolute atomic E-state index is 0.147. The Bertz CT molecular complexity index is 1380. The summed E-state index contributed by atoms with van der Waals surface area (Å²) in [6.07, 6.45) is 3.00. The molecule has 5 N–H and O–H groups in total. The number of aliphatic hydroxyl groups is 2. The van der Waals surface area contributed by atoms with Gasteiger partial charge in [-0.3, -0.25) is 14.5 Å². The molecule has 2 aromatic rings. The highest BCUT2D eigenvalue weighted by Crippen LogP contribution is 2.47. The van der Waals surface area contributed by atoms with E-state index in [0.717, 1.165) is 33.6 Å². The highest BCUT2D eigenvalue weighted by molar-refractivity contribution is 6.58. The van der Waals surface area contributed by atoms with Gasteiger partial charge in [0.25, 0.3) is 0 Å². The number of benzene rings is 2. The molecule has 4 atom stereocenters. The molecule has 1 heterocycles. The number of hydrogen-bond acceptors (Lipinski definition) is 8. The normalized spacial score (nSPS) is 21.7. The third-order valence-electron chi connectivity index (χ3n) is 8.56. The van der Waals surface area contributed by atoms with Crippen LogP contribution in [-0.2, 0) is 14.3 Å². The Morgan fingerprint density at radius 3 is 2.43 bits per heavy atom. The smallest absolute Gasteiger partial charge is 0.488 e. The van der Waals surface area contributed by atoms with Gasteiger partial charge in [0.2, 0.25) is 11.8 Å². The largest absolute Gasteiger partial charge is 0.507 e. The van der Waals surface area contributed by atoms with Gasteiger partial charge in [-0.05, 0) is 97.1 Å². The summed E-state index contributed by atoms with van der Waals surface area (Å²) in [4.78, 5) is 28.4. The Kier molecular flexibility index (Phi) is 10.1. The van der Waals surface area contributed by atoms with E-state index in [2.05, 4.69) is 6.08 Å². The lowest BCUT2D eigenvalue weighted by molar-refractivity contribution is -0.123. The molecule has 0 unspecified atom stereocenters. The summed E-state index contributed by atoms with van der Waals surface area (Å²) >= 11 is 0. The van der Waals surface area contributed by atoms with E-state index in [1.165, 1.54) is 19.2 Å². The Labute approximate surface area is 246 Å². The average molecular weight is 577 g/mol. The number of aliphatic hydroxyl groups excluding tert-OH is 2. The topological polar surface area (TPSA) is 148 Å². The number of methoxy groups -OCH3 is 1. The van der Waals surface area contributed by atoms with E-state index in [4.69, 9.17) is 4.74 Å². The number of fused-ring (bicyclic) bond motifs is 1. The van der Waals surface area contributed by atoms with Crippen LogP contribution in [-0.4, -0.2) is 70.7 Å². The van der Waals surface area contributed by atoms with Crippen molar-refractivity contribution in [2.24, 2.45) is 17.8 Å². The number of carbonyl (C=O) groups excluding carboxylic acids is 2. The number of ether oxygens (including phenoxy) is 1. The van der Waals surface area contributed by atoms with E-state index in [1.807, 2.05) is 32.9 Å². The lowest BCUT2D eigenvalue weighted by Gasteiger charge is -2.36. The summed E-state index contributed by atoms with van der Waals surface area (Å²) in [6.45, 7) is 5.48. The summed E-state index contributed by atoms with van der Waals surface area (Å²) in [5.41, 5.74) is 5.29. The lowest BCUT2D eigenvalue weighted by atomic mass is 9.68. The summed E-state index contributed by atoms with van der Waals surface area (Å²) < 4.78 is 5.43. The number of nitrogens with zero attached hydrogens (tertiary/aromatic N) is 1. The molecule has 0 radical (unpaired) electrons. The van der Waals surface area contributed by atoms with Crippen LogP contribution in [0, 0.1) is 31.6 Å². The van der Waals surface area contributed by atoms with Gasteiger partial charge in [-0.15, -0.1) is 0 Å². The second-order valence-electron chi connectivity index (χ2n) is 11.3. The van der Waals surface area contributed by atoms with Crippen molar-refractivity contribution in [2.45, 2.75) is 52.6 Å². The van der Waals surface area contributed by atoms with E-state index in [-0.39, 0.29) is 29.9 Å². The number of aromatic hydroxyl groups is 1. The molecule has 224 valence electrons. The molecule has 10 heteroatoms. The third kappa shape index (κ3) is 6.23. The molecule has 0 bridgehead atoms. The second kappa shape index (κ2) is 13.4. The van der Waals surface area contributed by atoms with Gasteiger partial charge in [-0.2, -0.15) is 0 Å². The van der Waals surface area contributed by atoms with Crippen LogP contribution in [0.3, 0.4) is 0 Å². The van der Waals surface area contributed by atoms with E-state index >= 15 is 0 Å². The molecule has 0 spiro atoms.